The molecule has 0 bridgehead atoms. The van der Waals surface area contributed by atoms with E-state index in [1.54, 1.807) is 12.4 Å². The lowest BCUT2D eigenvalue weighted by molar-refractivity contribution is -0.136. The molecule has 0 spiro atoms. The van der Waals surface area contributed by atoms with Crippen molar-refractivity contribution in [2.24, 2.45) is 5.92 Å². The number of hydrogen-bond acceptors (Lipinski definition) is 4. The summed E-state index contributed by atoms with van der Waals surface area (Å²) in [6.45, 7) is 5.55. The van der Waals surface area contributed by atoms with Crippen molar-refractivity contribution in [2.75, 3.05) is 39.3 Å². The lowest BCUT2D eigenvalue weighted by Crippen LogP contribution is -2.52. The minimum atomic E-state index is 0.178. The number of amides is 2. The molecular weight excluding hydrogens is 352 g/mol. The van der Waals surface area contributed by atoms with Crippen LogP contribution < -0.4 is 0 Å². The second-order valence-electron chi connectivity index (χ2n) is 8.52. The number of rotatable bonds is 4. The van der Waals surface area contributed by atoms with E-state index < -0.39 is 0 Å². The molecule has 2 amide bonds. The molecule has 3 aliphatic heterocycles. The van der Waals surface area contributed by atoms with E-state index in [4.69, 9.17) is 0 Å². The van der Waals surface area contributed by atoms with Crippen LogP contribution in [0.15, 0.2) is 24.5 Å². The standard InChI is InChI=1S/C22H32N4O2/c27-21(15-18-5-3-9-23-16-18)24-13-7-20(8-14-24)26-12-4-6-19(17-26)22(28)25-10-1-2-11-25/h3,5,9,16,19-20H,1-2,4,6-8,10-15,17H2. The molecule has 0 saturated carbocycles. The summed E-state index contributed by atoms with van der Waals surface area (Å²) >= 11 is 0. The SMILES string of the molecule is O=C(Cc1cccnc1)N1CCC(N2CCCC(C(=O)N3CCCC3)C2)CC1. The Morgan fingerprint density at radius 3 is 2.46 bits per heavy atom. The second kappa shape index (κ2) is 9.03. The topological polar surface area (TPSA) is 56.8 Å². The molecule has 1 atom stereocenters. The molecule has 1 unspecified atom stereocenters. The van der Waals surface area contributed by atoms with Crippen LogP contribution in [-0.2, 0) is 16.0 Å². The van der Waals surface area contributed by atoms with Gasteiger partial charge in [-0.1, -0.05) is 6.07 Å². The molecule has 0 radical (unpaired) electrons. The maximum absolute atomic E-state index is 12.8. The second-order valence-corrected chi connectivity index (χ2v) is 8.52. The van der Waals surface area contributed by atoms with Crippen LogP contribution in [0.3, 0.4) is 0 Å². The van der Waals surface area contributed by atoms with Crippen LogP contribution in [0.5, 0.6) is 0 Å². The number of aromatic nitrogens is 1. The molecule has 152 valence electrons. The van der Waals surface area contributed by atoms with Gasteiger partial charge in [0.15, 0.2) is 0 Å². The molecule has 4 heterocycles. The maximum Gasteiger partial charge on any atom is 0.227 e. The van der Waals surface area contributed by atoms with Crippen LogP contribution in [-0.4, -0.2) is 76.8 Å². The summed E-state index contributed by atoms with van der Waals surface area (Å²) in [5.41, 5.74) is 0.980. The van der Waals surface area contributed by atoms with Gasteiger partial charge in [-0.2, -0.15) is 0 Å². The van der Waals surface area contributed by atoms with E-state index in [-0.39, 0.29) is 11.8 Å². The summed E-state index contributed by atoms with van der Waals surface area (Å²) in [5.74, 6) is 0.760. The van der Waals surface area contributed by atoms with Crippen molar-refractivity contribution >= 4 is 11.8 Å². The molecule has 6 heteroatoms. The lowest BCUT2D eigenvalue weighted by Gasteiger charge is -2.42. The number of hydrogen-bond donors (Lipinski definition) is 0. The number of nitrogens with zero attached hydrogens (tertiary/aromatic N) is 4. The monoisotopic (exact) mass is 384 g/mol. The van der Waals surface area contributed by atoms with Crippen molar-refractivity contribution < 1.29 is 9.59 Å². The third-order valence-electron chi connectivity index (χ3n) is 6.63. The van der Waals surface area contributed by atoms with Gasteiger partial charge in [0, 0.05) is 51.2 Å². The van der Waals surface area contributed by atoms with Crippen LogP contribution in [0.4, 0.5) is 0 Å². The van der Waals surface area contributed by atoms with Gasteiger partial charge in [0.05, 0.1) is 12.3 Å². The molecule has 1 aromatic heterocycles. The predicted octanol–water partition coefficient (Wildman–Crippen LogP) is 1.95. The molecule has 28 heavy (non-hydrogen) atoms. The molecular formula is C22H32N4O2. The fourth-order valence-electron chi connectivity index (χ4n) is 5.00. The zero-order valence-corrected chi connectivity index (χ0v) is 16.8. The zero-order chi connectivity index (χ0) is 19.3. The fourth-order valence-corrected chi connectivity index (χ4v) is 5.00. The first-order valence-corrected chi connectivity index (χ1v) is 10.9. The van der Waals surface area contributed by atoms with E-state index in [2.05, 4.69) is 14.8 Å². The highest BCUT2D eigenvalue weighted by Crippen LogP contribution is 2.26. The van der Waals surface area contributed by atoms with Crippen molar-refractivity contribution in [1.29, 1.82) is 0 Å². The number of carbonyl (C=O) groups is 2. The maximum atomic E-state index is 12.8. The van der Waals surface area contributed by atoms with Gasteiger partial charge in [0.2, 0.25) is 11.8 Å². The highest BCUT2D eigenvalue weighted by atomic mass is 16.2. The first-order chi connectivity index (χ1) is 13.7. The number of likely N-dealkylation sites (tertiary alicyclic amines) is 3. The van der Waals surface area contributed by atoms with Gasteiger partial charge in [0.25, 0.3) is 0 Å². The highest BCUT2D eigenvalue weighted by Gasteiger charge is 2.34. The third kappa shape index (κ3) is 4.54. The molecule has 0 aromatic carbocycles. The van der Waals surface area contributed by atoms with E-state index in [1.165, 1.54) is 0 Å². The van der Waals surface area contributed by atoms with E-state index in [0.717, 1.165) is 83.4 Å². The Morgan fingerprint density at radius 1 is 0.964 bits per heavy atom. The van der Waals surface area contributed by atoms with Gasteiger partial charge < -0.3 is 9.80 Å². The Morgan fingerprint density at radius 2 is 1.75 bits per heavy atom. The molecule has 0 aliphatic carbocycles. The predicted molar refractivity (Wildman–Crippen MR) is 108 cm³/mol. The molecule has 3 saturated heterocycles. The summed E-state index contributed by atoms with van der Waals surface area (Å²) in [6.07, 6.45) is 10.5. The Hall–Kier alpha value is -1.95. The minimum absolute atomic E-state index is 0.178. The molecule has 3 fully saturated rings. The van der Waals surface area contributed by atoms with Crippen molar-refractivity contribution in [3.63, 3.8) is 0 Å². The van der Waals surface area contributed by atoms with Crippen LogP contribution in [0.1, 0.15) is 44.1 Å². The number of pyridine rings is 1. The number of carbonyl (C=O) groups excluding carboxylic acids is 2. The number of piperidine rings is 2. The molecule has 3 aliphatic rings. The van der Waals surface area contributed by atoms with Gasteiger partial charge in [-0.3, -0.25) is 19.5 Å². The van der Waals surface area contributed by atoms with Crippen LogP contribution >= 0.6 is 0 Å². The molecule has 4 rings (SSSR count). The fraction of sp³-hybridized carbons (Fsp3) is 0.682. The molecule has 1 aromatic rings. The lowest BCUT2D eigenvalue weighted by atomic mass is 9.92. The minimum Gasteiger partial charge on any atom is -0.342 e. The Bertz CT molecular complexity index is 666. The summed E-state index contributed by atoms with van der Waals surface area (Å²) in [4.78, 5) is 36.1. The van der Waals surface area contributed by atoms with Gasteiger partial charge in [-0.15, -0.1) is 0 Å². The quantitative estimate of drug-likeness (QED) is 0.796. The van der Waals surface area contributed by atoms with Gasteiger partial charge >= 0.3 is 0 Å². The van der Waals surface area contributed by atoms with Crippen LogP contribution in [0, 0.1) is 5.92 Å². The van der Waals surface area contributed by atoms with Crippen molar-refractivity contribution in [2.45, 2.75) is 51.0 Å². The first kappa shape index (κ1) is 19.4. The van der Waals surface area contributed by atoms with Crippen molar-refractivity contribution in [1.82, 2.24) is 19.7 Å². The van der Waals surface area contributed by atoms with E-state index in [1.807, 2.05) is 17.0 Å². The Balaban J connectivity index is 1.26. The Labute approximate surface area is 167 Å². The van der Waals surface area contributed by atoms with E-state index in [0.29, 0.717) is 18.4 Å². The van der Waals surface area contributed by atoms with Crippen molar-refractivity contribution in [3.8, 4) is 0 Å². The van der Waals surface area contributed by atoms with E-state index in [9.17, 15) is 9.59 Å². The summed E-state index contributed by atoms with van der Waals surface area (Å²) in [6, 6.07) is 4.35. The van der Waals surface area contributed by atoms with Crippen LogP contribution in [0.25, 0.3) is 0 Å². The van der Waals surface area contributed by atoms with Gasteiger partial charge in [-0.05, 0) is 56.7 Å². The van der Waals surface area contributed by atoms with Crippen molar-refractivity contribution in [3.05, 3.63) is 30.1 Å². The smallest absolute Gasteiger partial charge is 0.227 e. The van der Waals surface area contributed by atoms with Gasteiger partial charge in [0.1, 0.15) is 0 Å². The Kier molecular flexibility index (Phi) is 6.25. The average Bonchev–Trinajstić information content (AvgIpc) is 3.29. The van der Waals surface area contributed by atoms with Crippen LogP contribution in [0.2, 0.25) is 0 Å². The first-order valence-electron chi connectivity index (χ1n) is 10.9. The summed E-state index contributed by atoms with van der Waals surface area (Å²) in [5, 5.41) is 0. The summed E-state index contributed by atoms with van der Waals surface area (Å²) < 4.78 is 0. The third-order valence-corrected chi connectivity index (χ3v) is 6.63. The highest BCUT2D eigenvalue weighted by molar-refractivity contribution is 5.79. The average molecular weight is 385 g/mol. The normalized spacial score (nSPS) is 24.5. The summed E-state index contributed by atoms with van der Waals surface area (Å²) in [7, 11) is 0. The molecule has 0 N–H and O–H groups in total. The molecule has 6 nitrogen and oxygen atoms in total. The van der Waals surface area contributed by atoms with E-state index >= 15 is 0 Å². The zero-order valence-electron chi connectivity index (χ0n) is 16.8. The van der Waals surface area contributed by atoms with Gasteiger partial charge in [-0.25, -0.2) is 0 Å². The largest absolute Gasteiger partial charge is 0.342 e.